The van der Waals surface area contributed by atoms with Crippen LogP contribution in [0, 0.1) is 13.8 Å². The van der Waals surface area contributed by atoms with Crippen molar-refractivity contribution >= 4 is 23.4 Å². The van der Waals surface area contributed by atoms with E-state index in [2.05, 4.69) is 10.4 Å². The molecule has 0 saturated heterocycles. The number of hydrogen-bond acceptors (Lipinski definition) is 4. The number of benzene rings is 1. The zero-order valence-electron chi connectivity index (χ0n) is 16.0. The number of nitrogens with zero attached hydrogens (tertiary/aromatic N) is 3. The highest BCUT2D eigenvalue weighted by molar-refractivity contribution is 5.92. The summed E-state index contributed by atoms with van der Waals surface area (Å²) in [4.78, 5) is 25.3. The number of nitrogens with one attached hydrogen (secondary N) is 1. The SMILES string of the molecule is CCOC(=O)N(C)c1ccc(NC(=O)CCc2c(C)nn(C)c2C)cc1. The highest BCUT2D eigenvalue weighted by Gasteiger charge is 2.13. The minimum atomic E-state index is -0.411. The number of hydrogen-bond donors (Lipinski definition) is 1. The predicted molar refractivity (Wildman–Crippen MR) is 101 cm³/mol. The third-order valence-corrected chi connectivity index (χ3v) is 4.34. The largest absolute Gasteiger partial charge is 0.449 e. The van der Waals surface area contributed by atoms with Gasteiger partial charge in [-0.3, -0.25) is 14.4 Å². The smallest absolute Gasteiger partial charge is 0.413 e. The Morgan fingerprint density at radius 1 is 1.23 bits per heavy atom. The Labute approximate surface area is 153 Å². The number of amides is 2. The van der Waals surface area contributed by atoms with Crippen LogP contribution in [-0.4, -0.2) is 35.4 Å². The van der Waals surface area contributed by atoms with Gasteiger partial charge in [0.1, 0.15) is 0 Å². The Morgan fingerprint density at radius 2 is 1.88 bits per heavy atom. The van der Waals surface area contributed by atoms with Gasteiger partial charge in [-0.1, -0.05) is 0 Å². The Bertz CT molecular complexity index is 781. The van der Waals surface area contributed by atoms with Crippen LogP contribution in [0.1, 0.15) is 30.3 Å². The van der Waals surface area contributed by atoms with Crippen molar-refractivity contribution in [3.63, 3.8) is 0 Å². The van der Waals surface area contributed by atoms with E-state index in [0.717, 1.165) is 17.0 Å². The number of anilines is 2. The third-order valence-electron chi connectivity index (χ3n) is 4.34. The molecule has 0 aliphatic heterocycles. The molecule has 1 aromatic heterocycles. The number of rotatable bonds is 6. The van der Waals surface area contributed by atoms with Crippen molar-refractivity contribution in [2.24, 2.45) is 7.05 Å². The fourth-order valence-corrected chi connectivity index (χ4v) is 2.74. The van der Waals surface area contributed by atoms with Crippen LogP contribution in [0.3, 0.4) is 0 Å². The standard InChI is InChI=1S/C19H26N4O3/c1-6-26-19(25)22(4)16-9-7-15(8-10-16)20-18(24)12-11-17-13(2)21-23(5)14(17)3/h7-10H,6,11-12H2,1-5H3,(H,20,24). The summed E-state index contributed by atoms with van der Waals surface area (Å²) >= 11 is 0. The summed E-state index contributed by atoms with van der Waals surface area (Å²) in [5, 5.41) is 7.25. The van der Waals surface area contributed by atoms with E-state index in [1.807, 2.05) is 25.6 Å². The van der Waals surface area contributed by atoms with E-state index in [0.29, 0.717) is 30.8 Å². The van der Waals surface area contributed by atoms with E-state index in [1.165, 1.54) is 4.90 Å². The average molecular weight is 358 g/mol. The van der Waals surface area contributed by atoms with E-state index in [-0.39, 0.29) is 5.91 Å². The molecule has 2 amide bonds. The predicted octanol–water partition coefficient (Wildman–Crippen LogP) is 3.20. The van der Waals surface area contributed by atoms with Crippen molar-refractivity contribution in [3.8, 4) is 0 Å². The van der Waals surface area contributed by atoms with Crippen LogP contribution in [0.15, 0.2) is 24.3 Å². The Kier molecular flexibility index (Phi) is 6.38. The molecule has 1 N–H and O–H groups in total. The molecule has 0 saturated carbocycles. The van der Waals surface area contributed by atoms with Crippen LogP contribution in [0.5, 0.6) is 0 Å². The normalized spacial score (nSPS) is 10.5. The molecule has 0 radical (unpaired) electrons. The van der Waals surface area contributed by atoms with E-state index in [1.54, 1.807) is 38.2 Å². The summed E-state index contributed by atoms with van der Waals surface area (Å²) in [5.74, 6) is -0.0563. The molecule has 0 bridgehead atoms. The zero-order chi connectivity index (χ0) is 19.3. The first kappa shape index (κ1) is 19.5. The van der Waals surface area contributed by atoms with Gasteiger partial charge in [0.2, 0.25) is 5.91 Å². The fourth-order valence-electron chi connectivity index (χ4n) is 2.74. The molecule has 0 unspecified atom stereocenters. The first-order valence-electron chi connectivity index (χ1n) is 8.63. The molecule has 1 aromatic carbocycles. The van der Waals surface area contributed by atoms with Crippen molar-refractivity contribution < 1.29 is 14.3 Å². The summed E-state index contributed by atoms with van der Waals surface area (Å²) in [5.41, 5.74) is 4.55. The Morgan fingerprint density at radius 3 is 2.42 bits per heavy atom. The third kappa shape index (κ3) is 4.62. The van der Waals surface area contributed by atoms with Gasteiger partial charge in [0.25, 0.3) is 0 Å². The monoisotopic (exact) mass is 358 g/mol. The average Bonchev–Trinajstić information content (AvgIpc) is 2.85. The maximum Gasteiger partial charge on any atom is 0.413 e. The molecule has 26 heavy (non-hydrogen) atoms. The van der Waals surface area contributed by atoms with Gasteiger partial charge in [0, 0.05) is 37.6 Å². The second-order valence-electron chi connectivity index (χ2n) is 6.13. The van der Waals surface area contributed by atoms with Crippen molar-refractivity contribution in [2.45, 2.75) is 33.6 Å². The van der Waals surface area contributed by atoms with Crippen LogP contribution in [0.2, 0.25) is 0 Å². The Balaban J connectivity index is 1.92. The summed E-state index contributed by atoms with van der Waals surface area (Å²) in [6.45, 7) is 6.05. The second-order valence-corrected chi connectivity index (χ2v) is 6.13. The van der Waals surface area contributed by atoms with Crippen molar-refractivity contribution in [3.05, 3.63) is 41.2 Å². The first-order valence-corrected chi connectivity index (χ1v) is 8.63. The molecule has 2 aromatic rings. The molecule has 0 atom stereocenters. The maximum absolute atomic E-state index is 12.2. The van der Waals surface area contributed by atoms with Gasteiger partial charge in [-0.25, -0.2) is 4.79 Å². The van der Waals surface area contributed by atoms with Crippen LogP contribution >= 0.6 is 0 Å². The number of carbonyl (C=O) groups is 2. The molecule has 0 aliphatic carbocycles. The van der Waals surface area contributed by atoms with Crippen LogP contribution < -0.4 is 10.2 Å². The maximum atomic E-state index is 12.2. The lowest BCUT2D eigenvalue weighted by molar-refractivity contribution is -0.116. The molecule has 0 fully saturated rings. The highest BCUT2D eigenvalue weighted by Crippen LogP contribution is 2.19. The van der Waals surface area contributed by atoms with Gasteiger partial charge in [-0.2, -0.15) is 5.10 Å². The number of aryl methyl sites for hydroxylation is 2. The number of aromatic nitrogens is 2. The zero-order valence-corrected chi connectivity index (χ0v) is 16.0. The summed E-state index contributed by atoms with van der Waals surface area (Å²) in [7, 11) is 3.55. The van der Waals surface area contributed by atoms with E-state index in [4.69, 9.17) is 4.74 Å². The fraction of sp³-hybridized carbons (Fsp3) is 0.421. The Hall–Kier alpha value is -2.83. The van der Waals surface area contributed by atoms with E-state index in [9.17, 15) is 9.59 Å². The van der Waals surface area contributed by atoms with Crippen molar-refractivity contribution in [2.75, 3.05) is 23.9 Å². The van der Waals surface area contributed by atoms with Gasteiger partial charge in [0.05, 0.1) is 12.3 Å². The summed E-state index contributed by atoms with van der Waals surface area (Å²) in [6, 6.07) is 7.07. The summed E-state index contributed by atoms with van der Waals surface area (Å²) in [6.07, 6.45) is 0.630. The number of carbonyl (C=O) groups excluding carboxylic acids is 2. The lowest BCUT2D eigenvalue weighted by Crippen LogP contribution is -2.26. The molecule has 2 rings (SSSR count). The highest BCUT2D eigenvalue weighted by atomic mass is 16.6. The lowest BCUT2D eigenvalue weighted by atomic mass is 10.1. The molecular weight excluding hydrogens is 332 g/mol. The van der Waals surface area contributed by atoms with Gasteiger partial charge < -0.3 is 10.1 Å². The molecule has 0 aliphatic rings. The molecule has 7 nitrogen and oxygen atoms in total. The van der Waals surface area contributed by atoms with E-state index < -0.39 is 6.09 Å². The second kappa shape index (κ2) is 8.51. The van der Waals surface area contributed by atoms with Crippen LogP contribution in [0.25, 0.3) is 0 Å². The van der Waals surface area contributed by atoms with Gasteiger partial charge in [0.15, 0.2) is 0 Å². The lowest BCUT2D eigenvalue weighted by Gasteiger charge is -2.17. The minimum absolute atomic E-state index is 0.0563. The molecule has 1 heterocycles. The van der Waals surface area contributed by atoms with Gasteiger partial charge in [-0.05, 0) is 57.0 Å². The van der Waals surface area contributed by atoms with Gasteiger partial charge >= 0.3 is 6.09 Å². The first-order chi connectivity index (χ1) is 12.3. The van der Waals surface area contributed by atoms with Crippen LogP contribution in [0.4, 0.5) is 16.2 Å². The van der Waals surface area contributed by atoms with E-state index >= 15 is 0 Å². The molecular formula is C19H26N4O3. The molecule has 140 valence electrons. The minimum Gasteiger partial charge on any atom is -0.449 e. The van der Waals surface area contributed by atoms with Crippen LogP contribution in [-0.2, 0) is 23.0 Å². The molecule has 0 spiro atoms. The topological polar surface area (TPSA) is 76.5 Å². The molecule has 7 heteroatoms. The van der Waals surface area contributed by atoms with Gasteiger partial charge in [-0.15, -0.1) is 0 Å². The van der Waals surface area contributed by atoms with Crippen molar-refractivity contribution in [1.82, 2.24) is 9.78 Å². The summed E-state index contributed by atoms with van der Waals surface area (Å²) < 4.78 is 6.79. The van der Waals surface area contributed by atoms with Crippen molar-refractivity contribution in [1.29, 1.82) is 0 Å². The quantitative estimate of drug-likeness (QED) is 0.860. The number of ether oxygens (including phenoxy) is 1.